The lowest BCUT2D eigenvalue weighted by molar-refractivity contribution is -0.122. The van der Waals surface area contributed by atoms with Crippen molar-refractivity contribution in [1.29, 1.82) is 0 Å². The van der Waals surface area contributed by atoms with E-state index < -0.39 is 9.84 Å². The van der Waals surface area contributed by atoms with Crippen molar-refractivity contribution < 1.29 is 13.2 Å². The van der Waals surface area contributed by atoms with Crippen molar-refractivity contribution in [3.8, 4) is 0 Å². The van der Waals surface area contributed by atoms with E-state index in [4.69, 9.17) is 5.73 Å². The van der Waals surface area contributed by atoms with Crippen LogP contribution in [0.1, 0.15) is 39.5 Å². The molecule has 0 aliphatic heterocycles. The largest absolute Gasteiger partial charge is 0.330 e. The SMILES string of the molecule is CCS(=O)(=O)CCCC(=O)C(C)CCCN. The molecule has 0 amide bonds. The van der Waals surface area contributed by atoms with Crippen LogP contribution in [0.5, 0.6) is 0 Å². The second-order valence-corrected chi connectivity index (χ2v) is 6.61. The van der Waals surface area contributed by atoms with Gasteiger partial charge < -0.3 is 5.73 Å². The summed E-state index contributed by atoms with van der Waals surface area (Å²) in [4.78, 5) is 11.6. The zero-order chi connectivity index (χ0) is 12.6. The Morgan fingerprint density at radius 3 is 2.44 bits per heavy atom. The molecule has 5 heteroatoms. The van der Waals surface area contributed by atoms with E-state index in [0.717, 1.165) is 12.8 Å². The summed E-state index contributed by atoms with van der Waals surface area (Å²) in [5, 5.41) is 0. The molecule has 4 nitrogen and oxygen atoms in total. The van der Waals surface area contributed by atoms with E-state index in [2.05, 4.69) is 0 Å². The second kappa shape index (κ2) is 7.79. The number of carbonyl (C=O) groups is 1. The maximum atomic E-state index is 11.6. The van der Waals surface area contributed by atoms with E-state index in [1.54, 1.807) is 6.92 Å². The van der Waals surface area contributed by atoms with E-state index in [1.165, 1.54) is 0 Å². The van der Waals surface area contributed by atoms with Gasteiger partial charge in [0.05, 0.1) is 5.75 Å². The van der Waals surface area contributed by atoms with Gasteiger partial charge in [0.25, 0.3) is 0 Å². The number of carbonyl (C=O) groups excluding carboxylic acids is 1. The Balaban J connectivity index is 3.81. The molecule has 96 valence electrons. The smallest absolute Gasteiger partial charge is 0.150 e. The molecule has 1 atom stereocenters. The van der Waals surface area contributed by atoms with Gasteiger partial charge in [0.2, 0.25) is 0 Å². The average Bonchev–Trinajstić information content (AvgIpc) is 2.25. The topological polar surface area (TPSA) is 77.2 Å². The van der Waals surface area contributed by atoms with Gasteiger partial charge in [-0.3, -0.25) is 4.79 Å². The molecule has 1 unspecified atom stereocenters. The Morgan fingerprint density at radius 1 is 1.31 bits per heavy atom. The van der Waals surface area contributed by atoms with Crippen molar-refractivity contribution in [1.82, 2.24) is 0 Å². The van der Waals surface area contributed by atoms with Gasteiger partial charge >= 0.3 is 0 Å². The van der Waals surface area contributed by atoms with Crippen LogP contribution >= 0.6 is 0 Å². The number of ketones is 1. The second-order valence-electron chi connectivity index (χ2n) is 4.14. The molecule has 0 radical (unpaired) electrons. The number of hydrogen-bond donors (Lipinski definition) is 1. The molecule has 0 spiro atoms. The lowest BCUT2D eigenvalue weighted by atomic mass is 9.97. The van der Waals surface area contributed by atoms with Gasteiger partial charge in [-0.25, -0.2) is 8.42 Å². The molecule has 0 fully saturated rings. The van der Waals surface area contributed by atoms with Gasteiger partial charge in [-0.1, -0.05) is 13.8 Å². The Morgan fingerprint density at radius 2 is 1.94 bits per heavy atom. The number of sulfone groups is 1. The van der Waals surface area contributed by atoms with E-state index in [1.807, 2.05) is 6.92 Å². The highest BCUT2D eigenvalue weighted by atomic mass is 32.2. The minimum Gasteiger partial charge on any atom is -0.330 e. The van der Waals surface area contributed by atoms with Crippen LogP contribution in [0.2, 0.25) is 0 Å². The van der Waals surface area contributed by atoms with Gasteiger partial charge in [-0.05, 0) is 25.8 Å². The standard InChI is InChI=1S/C11H23NO3S/c1-3-16(14,15)9-5-7-11(13)10(2)6-4-8-12/h10H,3-9,12H2,1-2H3. The van der Waals surface area contributed by atoms with E-state index >= 15 is 0 Å². The summed E-state index contributed by atoms with van der Waals surface area (Å²) in [6, 6.07) is 0. The molecule has 0 aromatic rings. The fourth-order valence-corrected chi connectivity index (χ4v) is 2.31. The van der Waals surface area contributed by atoms with Crippen LogP contribution in [0.25, 0.3) is 0 Å². The van der Waals surface area contributed by atoms with Crippen molar-refractivity contribution in [2.45, 2.75) is 39.5 Å². The average molecular weight is 249 g/mol. The van der Waals surface area contributed by atoms with Gasteiger partial charge in [0.1, 0.15) is 15.6 Å². The summed E-state index contributed by atoms with van der Waals surface area (Å²) in [5.41, 5.74) is 5.36. The van der Waals surface area contributed by atoms with Crippen LogP contribution in [0.4, 0.5) is 0 Å². The first-order valence-electron chi connectivity index (χ1n) is 5.86. The molecule has 0 saturated carbocycles. The van der Waals surface area contributed by atoms with Crippen LogP contribution in [0, 0.1) is 5.92 Å². The third-order valence-corrected chi connectivity index (χ3v) is 4.50. The van der Waals surface area contributed by atoms with Crippen LogP contribution in [-0.2, 0) is 14.6 Å². The fourth-order valence-electron chi connectivity index (χ4n) is 1.44. The highest BCUT2D eigenvalue weighted by Crippen LogP contribution is 2.10. The van der Waals surface area contributed by atoms with Crippen molar-refractivity contribution in [3.05, 3.63) is 0 Å². The van der Waals surface area contributed by atoms with Gasteiger partial charge in [0.15, 0.2) is 0 Å². The molecular formula is C11H23NO3S. The summed E-state index contributed by atoms with van der Waals surface area (Å²) in [6.07, 6.45) is 2.46. The van der Waals surface area contributed by atoms with Crippen LogP contribution in [0.3, 0.4) is 0 Å². The van der Waals surface area contributed by atoms with Crippen molar-refractivity contribution in [2.75, 3.05) is 18.1 Å². The number of rotatable bonds is 9. The maximum Gasteiger partial charge on any atom is 0.150 e. The molecule has 0 rings (SSSR count). The van der Waals surface area contributed by atoms with Crippen LogP contribution < -0.4 is 5.73 Å². The third kappa shape index (κ3) is 6.95. The third-order valence-electron chi connectivity index (χ3n) is 2.71. The van der Waals surface area contributed by atoms with Crippen molar-refractivity contribution in [2.24, 2.45) is 11.7 Å². The normalized spacial score (nSPS) is 13.7. The molecule has 2 N–H and O–H groups in total. The summed E-state index contributed by atoms with van der Waals surface area (Å²) >= 11 is 0. The number of hydrogen-bond acceptors (Lipinski definition) is 4. The molecule has 0 heterocycles. The van der Waals surface area contributed by atoms with Crippen LogP contribution in [0.15, 0.2) is 0 Å². The monoisotopic (exact) mass is 249 g/mol. The fraction of sp³-hybridized carbons (Fsp3) is 0.909. The highest BCUT2D eigenvalue weighted by Gasteiger charge is 2.14. The minimum atomic E-state index is -2.93. The van der Waals surface area contributed by atoms with E-state index in [-0.39, 0.29) is 23.2 Å². The molecule has 0 saturated heterocycles. The number of nitrogens with two attached hydrogens (primary N) is 1. The predicted octanol–water partition coefficient (Wildman–Crippen LogP) is 1.15. The molecule has 0 aromatic heterocycles. The molecule has 0 aliphatic carbocycles. The molecule has 0 bridgehead atoms. The lowest BCUT2D eigenvalue weighted by Gasteiger charge is -2.09. The molecular weight excluding hydrogens is 226 g/mol. The minimum absolute atomic E-state index is 0.00730. The first kappa shape index (κ1) is 15.6. The Kier molecular flexibility index (Phi) is 7.58. The highest BCUT2D eigenvalue weighted by molar-refractivity contribution is 7.91. The Labute approximate surface area is 98.5 Å². The first-order chi connectivity index (χ1) is 7.43. The lowest BCUT2D eigenvalue weighted by Crippen LogP contribution is -2.15. The van der Waals surface area contributed by atoms with Gasteiger partial charge in [-0.15, -0.1) is 0 Å². The first-order valence-corrected chi connectivity index (χ1v) is 7.68. The Hall–Kier alpha value is -0.420. The quantitative estimate of drug-likeness (QED) is 0.665. The van der Waals surface area contributed by atoms with Crippen LogP contribution in [-0.4, -0.2) is 32.3 Å². The molecule has 0 aliphatic rings. The summed E-state index contributed by atoms with van der Waals surface area (Å²) in [5.74, 6) is 0.440. The number of Topliss-reactive ketones (excluding diaryl/α,β-unsaturated/α-hetero) is 1. The maximum absolute atomic E-state index is 11.6. The zero-order valence-electron chi connectivity index (χ0n) is 10.2. The Bertz CT molecular complexity index is 298. The van der Waals surface area contributed by atoms with E-state index in [0.29, 0.717) is 19.4 Å². The van der Waals surface area contributed by atoms with Gasteiger partial charge in [0, 0.05) is 18.1 Å². The predicted molar refractivity (Wildman–Crippen MR) is 66.0 cm³/mol. The van der Waals surface area contributed by atoms with Gasteiger partial charge in [-0.2, -0.15) is 0 Å². The molecule has 16 heavy (non-hydrogen) atoms. The van der Waals surface area contributed by atoms with Crippen molar-refractivity contribution >= 4 is 15.6 Å². The summed E-state index contributed by atoms with van der Waals surface area (Å²) in [6.45, 7) is 4.11. The van der Waals surface area contributed by atoms with E-state index in [9.17, 15) is 13.2 Å². The zero-order valence-corrected chi connectivity index (χ0v) is 11.1. The molecule has 0 aromatic carbocycles. The van der Waals surface area contributed by atoms with Crippen molar-refractivity contribution in [3.63, 3.8) is 0 Å². The summed E-state index contributed by atoms with van der Waals surface area (Å²) in [7, 11) is -2.93. The summed E-state index contributed by atoms with van der Waals surface area (Å²) < 4.78 is 22.4.